The standard InChI is InChI=1S/C26H47NO11S/c1-27(2)8-9-30-10-11-31-12-13-32-14-15-33-16-17-34-18-19-35-20-21-36-22-23-37-24-25-38-39(28,29)26-6-4-3-5-7-26/h3-7H,8-25H2,1-2H3. The minimum Gasteiger partial charge on any atom is -0.378 e. The zero-order chi connectivity index (χ0) is 28.3. The van der Waals surface area contributed by atoms with Crippen LogP contribution in [0.2, 0.25) is 0 Å². The van der Waals surface area contributed by atoms with Crippen molar-refractivity contribution in [2.24, 2.45) is 0 Å². The highest BCUT2D eigenvalue weighted by Gasteiger charge is 2.13. The Balaban J connectivity index is 1.70. The summed E-state index contributed by atoms with van der Waals surface area (Å²) in [5, 5.41) is 0. The van der Waals surface area contributed by atoms with Crippen molar-refractivity contribution in [2.45, 2.75) is 4.90 Å². The Morgan fingerprint density at radius 3 is 1.13 bits per heavy atom. The van der Waals surface area contributed by atoms with Gasteiger partial charge in [0.15, 0.2) is 0 Å². The Hall–Kier alpha value is -1.23. The van der Waals surface area contributed by atoms with Gasteiger partial charge >= 0.3 is 0 Å². The summed E-state index contributed by atoms with van der Waals surface area (Å²) in [5.74, 6) is 0. The van der Waals surface area contributed by atoms with Crippen LogP contribution in [0.5, 0.6) is 0 Å². The molecule has 13 heteroatoms. The van der Waals surface area contributed by atoms with E-state index in [0.29, 0.717) is 99.1 Å². The summed E-state index contributed by atoms with van der Waals surface area (Å²) in [6.45, 7) is 8.50. The third kappa shape index (κ3) is 23.2. The van der Waals surface area contributed by atoms with Crippen LogP contribution in [0, 0.1) is 0 Å². The SMILES string of the molecule is CN(C)CCOCCOCCOCCOCCOCCOCCOCCOCCOS(=O)(=O)c1ccccc1. The quantitative estimate of drug-likeness (QED) is 0.0995. The van der Waals surface area contributed by atoms with Crippen molar-refractivity contribution in [3.05, 3.63) is 30.3 Å². The van der Waals surface area contributed by atoms with Crippen molar-refractivity contribution < 1.29 is 50.5 Å². The summed E-state index contributed by atoms with van der Waals surface area (Å²) in [5.41, 5.74) is 0. The lowest BCUT2D eigenvalue weighted by atomic mass is 10.4. The Bertz CT molecular complexity index is 754. The van der Waals surface area contributed by atoms with Crippen LogP contribution in [0.3, 0.4) is 0 Å². The smallest absolute Gasteiger partial charge is 0.297 e. The van der Waals surface area contributed by atoms with Gasteiger partial charge < -0.3 is 42.8 Å². The summed E-state index contributed by atoms with van der Waals surface area (Å²) in [6.07, 6.45) is 0. The Morgan fingerprint density at radius 1 is 0.487 bits per heavy atom. The fourth-order valence-corrected chi connectivity index (χ4v) is 3.66. The predicted octanol–water partition coefficient (Wildman–Crippen LogP) is 1.09. The molecule has 0 aliphatic heterocycles. The fraction of sp³-hybridized carbons (Fsp3) is 0.769. The van der Waals surface area contributed by atoms with E-state index in [0.717, 1.165) is 6.54 Å². The molecule has 0 aliphatic rings. The minimum absolute atomic E-state index is 0.0525. The molecule has 0 fully saturated rings. The highest BCUT2D eigenvalue weighted by atomic mass is 32.2. The summed E-state index contributed by atoms with van der Waals surface area (Å²) in [6, 6.07) is 7.99. The molecule has 0 aromatic heterocycles. The molecular formula is C26H47NO11S. The molecule has 0 aliphatic carbocycles. The van der Waals surface area contributed by atoms with E-state index in [1.807, 2.05) is 14.1 Å². The number of hydrogen-bond donors (Lipinski definition) is 0. The van der Waals surface area contributed by atoms with E-state index in [9.17, 15) is 8.42 Å². The molecule has 0 amide bonds. The lowest BCUT2D eigenvalue weighted by molar-refractivity contribution is -0.0237. The molecule has 1 aromatic rings. The van der Waals surface area contributed by atoms with E-state index in [-0.39, 0.29) is 18.1 Å². The third-order valence-electron chi connectivity index (χ3n) is 4.78. The van der Waals surface area contributed by atoms with Crippen molar-refractivity contribution in [3.63, 3.8) is 0 Å². The van der Waals surface area contributed by atoms with Gasteiger partial charge in [0.05, 0.1) is 117 Å². The number of rotatable bonds is 29. The van der Waals surface area contributed by atoms with Crippen LogP contribution in [0.15, 0.2) is 35.2 Å². The first-order chi connectivity index (χ1) is 19.0. The molecule has 39 heavy (non-hydrogen) atoms. The Labute approximate surface area is 233 Å². The van der Waals surface area contributed by atoms with Gasteiger partial charge in [0.2, 0.25) is 0 Å². The highest BCUT2D eigenvalue weighted by molar-refractivity contribution is 7.86. The number of likely N-dealkylation sites (N-methyl/N-ethyl adjacent to an activating group) is 1. The minimum atomic E-state index is -3.75. The average Bonchev–Trinajstić information content (AvgIpc) is 2.93. The van der Waals surface area contributed by atoms with Crippen molar-refractivity contribution in [3.8, 4) is 0 Å². The summed E-state index contributed by atoms with van der Waals surface area (Å²) >= 11 is 0. The molecule has 0 radical (unpaired) electrons. The van der Waals surface area contributed by atoms with Gasteiger partial charge in [-0.1, -0.05) is 18.2 Å². The Kier molecular flexibility index (Phi) is 23.6. The molecule has 0 saturated heterocycles. The van der Waals surface area contributed by atoms with E-state index in [4.69, 9.17) is 42.1 Å². The maximum atomic E-state index is 11.9. The van der Waals surface area contributed by atoms with Crippen LogP contribution in [-0.2, 0) is 52.2 Å². The van der Waals surface area contributed by atoms with E-state index < -0.39 is 10.1 Å². The summed E-state index contributed by atoms with van der Waals surface area (Å²) < 4.78 is 72.1. The van der Waals surface area contributed by atoms with Crippen molar-refractivity contribution in [1.29, 1.82) is 0 Å². The number of ether oxygens (including phenoxy) is 8. The number of hydrogen-bond acceptors (Lipinski definition) is 12. The van der Waals surface area contributed by atoms with Crippen LogP contribution < -0.4 is 0 Å². The van der Waals surface area contributed by atoms with Crippen LogP contribution >= 0.6 is 0 Å². The lowest BCUT2D eigenvalue weighted by Gasteiger charge is -2.10. The van der Waals surface area contributed by atoms with E-state index >= 15 is 0 Å². The number of benzene rings is 1. The van der Waals surface area contributed by atoms with Crippen molar-refractivity contribution in [1.82, 2.24) is 4.90 Å². The molecule has 1 aromatic carbocycles. The fourth-order valence-electron chi connectivity index (χ4n) is 2.75. The lowest BCUT2D eigenvalue weighted by Crippen LogP contribution is -2.19. The summed E-state index contributed by atoms with van der Waals surface area (Å²) in [7, 11) is 0.277. The first-order valence-electron chi connectivity index (χ1n) is 13.2. The van der Waals surface area contributed by atoms with E-state index in [1.165, 1.54) is 12.1 Å². The third-order valence-corrected chi connectivity index (χ3v) is 6.11. The second-order valence-electron chi connectivity index (χ2n) is 8.29. The van der Waals surface area contributed by atoms with Gasteiger partial charge in [0.1, 0.15) is 0 Å². The van der Waals surface area contributed by atoms with Gasteiger partial charge in [-0.3, -0.25) is 4.18 Å². The molecule has 0 heterocycles. The molecule has 0 N–H and O–H groups in total. The van der Waals surface area contributed by atoms with Gasteiger partial charge in [0, 0.05) is 6.54 Å². The Morgan fingerprint density at radius 2 is 0.795 bits per heavy atom. The molecule has 228 valence electrons. The molecule has 0 saturated carbocycles. The van der Waals surface area contributed by atoms with Crippen LogP contribution in [0.1, 0.15) is 0 Å². The maximum Gasteiger partial charge on any atom is 0.297 e. The van der Waals surface area contributed by atoms with Gasteiger partial charge in [-0.25, -0.2) is 0 Å². The maximum absolute atomic E-state index is 11.9. The monoisotopic (exact) mass is 581 g/mol. The molecule has 12 nitrogen and oxygen atoms in total. The molecule has 1 rings (SSSR count). The highest BCUT2D eigenvalue weighted by Crippen LogP contribution is 2.10. The van der Waals surface area contributed by atoms with Crippen molar-refractivity contribution in [2.75, 3.05) is 133 Å². The van der Waals surface area contributed by atoms with Crippen LogP contribution in [0.4, 0.5) is 0 Å². The predicted molar refractivity (Wildman–Crippen MR) is 145 cm³/mol. The van der Waals surface area contributed by atoms with Crippen LogP contribution in [0.25, 0.3) is 0 Å². The molecule has 0 atom stereocenters. The zero-order valence-electron chi connectivity index (χ0n) is 23.5. The van der Waals surface area contributed by atoms with E-state index in [2.05, 4.69) is 4.90 Å². The molecule has 0 bridgehead atoms. The molecule has 0 spiro atoms. The zero-order valence-corrected chi connectivity index (χ0v) is 24.3. The second-order valence-corrected chi connectivity index (χ2v) is 9.91. The summed E-state index contributed by atoms with van der Waals surface area (Å²) in [4.78, 5) is 2.20. The first-order valence-corrected chi connectivity index (χ1v) is 14.6. The largest absolute Gasteiger partial charge is 0.378 e. The van der Waals surface area contributed by atoms with E-state index in [1.54, 1.807) is 18.2 Å². The topological polar surface area (TPSA) is 120 Å². The first kappa shape index (κ1) is 35.8. The van der Waals surface area contributed by atoms with Gasteiger partial charge in [-0.2, -0.15) is 8.42 Å². The average molecular weight is 582 g/mol. The van der Waals surface area contributed by atoms with Gasteiger partial charge in [-0.05, 0) is 26.2 Å². The van der Waals surface area contributed by atoms with Gasteiger partial charge in [0.25, 0.3) is 10.1 Å². The second kappa shape index (κ2) is 25.7. The van der Waals surface area contributed by atoms with Gasteiger partial charge in [-0.15, -0.1) is 0 Å². The number of nitrogens with zero attached hydrogens (tertiary/aromatic N) is 1. The molecular weight excluding hydrogens is 534 g/mol. The normalized spacial score (nSPS) is 12.0. The molecule has 0 unspecified atom stereocenters. The van der Waals surface area contributed by atoms with Crippen molar-refractivity contribution >= 4 is 10.1 Å². The van der Waals surface area contributed by atoms with Crippen LogP contribution in [-0.4, -0.2) is 146 Å².